The number of hydrogen-bond donors (Lipinski definition) is 0. The standard InChI is InChI=1S/C14H16BrClO3/c15-12-8-10(16)6-7-13(12)18-9-14(17)19-11-4-2-1-3-5-11/h6-8,11H,1-5,9H2. The van der Waals surface area contributed by atoms with Crippen molar-refractivity contribution in [2.75, 3.05) is 6.61 Å². The molecule has 0 aliphatic heterocycles. The first-order chi connectivity index (χ1) is 9.15. The van der Waals surface area contributed by atoms with E-state index in [2.05, 4.69) is 15.9 Å². The molecule has 0 N–H and O–H groups in total. The molecule has 1 saturated carbocycles. The lowest BCUT2D eigenvalue weighted by atomic mass is 9.98. The summed E-state index contributed by atoms with van der Waals surface area (Å²) in [6, 6.07) is 5.16. The summed E-state index contributed by atoms with van der Waals surface area (Å²) < 4.78 is 11.5. The third-order valence-corrected chi connectivity index (χ3v) is 3.94. The highest BCUT2D eigenvalue weighted by Gasteiger charge is 2.18. The summed E-state index contributed by atoms with van der Waals surface area (Å²) in [7, 11) is 0. The molecule has 0 unspecified atom stereocenters. The summed E-state index contributed by atoms with van der Waals surface area (Å²) in [6.07, 6.45) is 5.52. The number of halogens is 2. The van der Waals surface area contributed by atoms with Crippen LogP contribution < -0.4 is 4.74 Å². The zero-order chi connectivity index (χ0) is 13.7. The highest BCUT2D eigenvalue weighted by molar-refractivity contribution is 9.10. The second-order valence-corrected chi connectivity index (χ2v) is 5.90. The molecule has 0 bridgehead atoms. The summed E-state index contributed by atoms with van der Waals surface area (Å²) in [5.41, 5.74) is 0. The lowest BCUT2D eigenvalue weighted by Crippen LogP contribution is -2.24. The van der Waals surface area contributed by atoms with E-state index in [0.29, 0.717) is 10.8 Å². The van der Waals surface area contributed by atoms with Gasteiger partial charge < -0.3 is 9.47 Å². The fourth-order valence-electron chi connectivity index (χ4n) is 2.13. The first kappa shape index (κ1) is 14.7. The topological polar surface area (TPSA) is 35.5 Å². The molecule has 2 rings (SSSR count). The normalized spacial score (nSPS) is 16.1. The van der Waals surface area contributed by atoms with Crippen molar-refractivity contribution in [2.24, 2.45) is 0 Å². The second kappa shape index (κ2) is 7.15. The quantitative estimate of drug-likeness (QED) is 0.759. The minimum Gasteiger partial charge on any atom is -0.481 e. The van der Waals surface area contributed by atoms with Crippen LogP contribution in [0.25, 0.3) is 0 Å². The van der Waals surface area contributed by atoms with E-state index in [-0.39, 0.29) is 18.7 Å². The van der Waals surface area contributed by atoms with E-state index in [1.807, 2.05) is 0 Å². The molecule has 1 aromatic carbocycles. The van der Waals surface area contributed by atoms with Crippen LogP contribution in [0.4, 0.5) is 0 Å². The first-order valence-corrected chi connectivity index (χ1v) is 7.59. The largest absolute Gasteiger partial charge is 0.481 e. The Morgan fingerprint density at radius 3 is 2.74 bits per heavy atom. The van der Waals surface area contributed by atoms with E-state index < -0.39 is 0 Å². The average molecular weight is 348 g/mol. The van der Waals surface area contributed by atoms with Crippen molar-refractivity contribution in [3.63, 3.8) is 0 Å². The molecule has 1 aliphatic carbocycles. The van der Waals surface area contributed by atoms with E-state index >= 15 is 0 Å². The Morgan fingerprint density at radius 1 is 1.32 bits per heavy atom. The number of benzene rings is 1. The average Bonchev–Trinajstić information content (AvgIpc) is 2.39. The molecule has 0 atom stereocenters. The van der Waals surface area contributed by atoms with Crippen LogP contribution in [0.1, 0.15) is 32.1 Å². The molecule has 1 aromatic rings. The van der Waals surface area contributed by atoms with Crippen LogP contribution >= 0.6 is 27.5 Å². The van der Waals surface area contributed by atoms with Gasteiger partial charge in [0.25, 0.3) is 0 Å². The molecular formula is C14H16BrClO3. The third-order valence-electron chi connectivity index (χ3n) is 3.09. The van der Waals surface area contributed by atoms with E-state index in [1.54, 1.807) is 18.2 Å². The molecular weight excluding hydrogens is 332 g/mol. The lowest BCUT2D eigenvalue weighted by Gasteiger charge is -2.21. The van der Waals surface area contributed by atoms with E-state index in [9.17, 15) is 4.79 Å². The van der Waals surface area contributed by atoms with Crippen molar-refractivity contribution in [3.05, 3.63) is 27.7 Å². The molecule has 104 valence electrons. The highest BCUT2D eigenvalue weighted by Crippen LogP contribution is 2.28. The van der Waals surface area contributed by atoms with Gasteiger partial charge in [-0.25, -0.2) is 4.79 Å². The van der Waals surface area contributed by atoms with Gasteiger partial charge in [-0.1, -0.05) is 18.0 Å². The van der Waals surface area contributed by atoms with Crippen molar-refractivity contribution in [3.8, 4) is 5.75 Å². The zero-order valence-electron chi connectivity index (χ0n) is 10.5. The summed E-state index contributed by atoms with van der Waals surface area (Å²) >= 11 is 9.17. The highest BCUT2D eigenvalue weighted by atomic mass is 79.9. The van der Waals surface area contributed by atoms with E-state index in [1.165, 1.54) is 6.42 Å². The predicted molar refractivity (Wildman–Crippen MR) is 77.6 cm³/mol. The summed E-state index contributed by atoms with van der Waals surface area (Å²) in [4.78, 5) is 11.7. The minimum absolute atomic E-state index is 0.0681. The Kier molecular flexibility index (Phi) is 5.52. The molecule has 3 nitrogen and oxygen atoms in total. The number of carbonyl (C=O) groups is 1. The van der Waals surface area contributed by atoms with Crippen LogP contribution in [-0.2, 0) is 9.53 Å². The summed E-state index contributed by atoms with van der Waals surface area (Å²) in [5.74, 6) is 0.277. The number of esters is 1. The van der Waals surface area contributed by atoms with Crippen LogP contribution in [-0.4, -0.2) is 18.7 Å². The predicted octanol–water partition coefficient (Wildman–Crippen LogP) is 4.36. The van der Waals surface area contributed by atoms with Gasteiger partial charge in [-0.2, -0.15) is 0 Å². The molecule has 1 aliphatic rings. The molecule has 0 spiro atoms. The van der Waals surface area contributed by atoms with Gasteiger partial charge in [0.05, 0.1) is 4.47 Å². The Balaban J connectivity index is 1.79. The number of ether oxygens (including phenoxy) is 2. The Hall–Kier alpha value is -0.740. The number of carbonyl (C=O) groups excluding carboxylic acids is 1. The fourth-order valence-corrected chi connectivity index (χ4v) is 2.93. The van der Waals surface area contributed by atoms with Crippen molar-refractivity contribution >= 4 is 33.5 Å². The molecule has 1 fully saturated rings. The Bertz CT molecular complexity index is 444. The lowest BCUT2D eigenvalue weighted by molar-refractivity contribution is -0.152. The smallest absolute Gasteiger partial charge is 0.344 e. The van der Waals surface area contributed by atoms with Crippen LogP contribution in [0, 0.1) is 0 Å². The van der Waals surface area contributed by atoms with Crippen LogP contribution in [0.3, 0.4) is 0 Å². The molecule has 0 aromatic heterocycles. The molecule has 5 heteroatoms. The third kappa shape index (κ3) is 4.69. The van der Waals surface area contributed by atoms with Gasteiger partial charge in [0.2, 0.25) is 0 Å². The molecule has 19 heavy (non-hydrogen) atoms. The molecule has 0 saturated heterocycles. The minimum atomic E-state index is -0.311. The maximum absolute atomic E-state index is 11.7. The van der Waals surface area contributed by atoms with Crippen LogP contribution in [0.15, 0.2) is 22.7 Å². The summed E-state index contributed by atoms with van der Waals surface area (Å²) in [5, 5.41) is 0.615. The van der Waals surface area contributed by atoms with Gasteiger partial charge in [0, 0.05) is 5.02 Å². The summed E-state index contributed by atoms with van der Waals surface area (Å²) in [6.45, 7) is -0.0727. The van der Waals surface area contributed by atoms with Gasteiger partial charge in [0.15, 0.2) is 6.61 Å². The van der Waals surface area contributed by atoms with E-state index in [4.69, 9.17) is 21.1 Å². The fraction of sp³-hybridized carbons (Fsp3) is 0.500. The van der Waals surface area contributed by atoms with E-state index in [0.717, 1.165) is 30.2 Å². The maximum Gasteiger partial charge on any atom is 0.344 e. The van der Waals surface area contributed by atoms with Crippen molar-refractivity contribution in [2.45, 2.75) is 38.2 Å². The van der Waals surface area contributed by atoms with Gasteiger partial charge in [-0.15, -0.1) is 0 Å². The van der Waals surface area contributed by atoms with Gasteiger partial charge >= 0.3 is 5.97 Å². The first-order valence-electron chi connectivity index (χ1n) is 6.42. The number of rotatable bonds is 4. The Morgan fingerprint density at radius 2 is 2.05 bits per heavy atom. The van der Waals surface area contributed by atoms with Crippen LogP contribution in [0.2, 0.25) is 5.02 Å². The SMILES string of the molecule is O=C(COc1ccc(Cl)cc1Br)OC1CCCCC1. The van der Waals surface area contributed by atoms with Crippen LogP contribution in [0.5, 0.6) is 5.75 Å². The van der Waals surface area contributed by atoms with Gasteiger partial charge in [-0.3, -0.25) is 0 Å². The Labute approximate surface area is 126 Å². The monoisotopic (exact) mass is 346 g/mol. The maximum atomic E-state index is 11.7. The molecule has 0 heterocycles. The van der Waals surface area contributed by atoms with Gasteiger partial charge in [-0.05, 0) is 59.8 Å². The van der Waals surface area contributed by atoms with Crippen molar-refractivity contribution < 1.29 is 14.3 Å². The van der Waals surface area contributed by atoms with Crippen molar-refractivity contribution in [1.29, 1.82) is 0 Å². The second-order valence-electron chi connectivity index (χ2n) is 4.61. The van der Waals surface area contributed by atoms with Crippen molar-refractivity contribution in [1.82, 2.24) is 0 Å². The molecule has 0 amide bonds. The molecule has 0 radical (unpaired) electrons. The zero-order valence-corrected chi connectivity index (χ0v) is 12.9. The van der Waals surface area contributed by atoms with Gasteiger partial charge in [0.1, 0.15) is 11.9 Å². The number of hydrogen-bond acceptors (Lipinski definition) is 3.